The van der Waals surface area contributed by atoms with Gasteiger partial charge in [-0.25, -0.2) is 0 Å². The van der Waals surface area contributed by atoms with Crippen molar-refractivity contribution >= 4 is 6.29 Å². The number of aromatic nitrogens is 2. The van der Waals surface area contributed by atoms with E-state index in [4.69, 9.17) is 5.26 Å². The molecule has 1 aromatic heterocycles. The third-order valence-corrected chi connectivity index (χ3v) is 0.923. The van der Waals surface area contributed by atoms with Gasteiger partial charge in [0.2, 0.25) is 0 Å². The van der Waals surface area contributed by atoms with E-state index in [9.17, 15) is 4.79 Å². The van der Waals surface area contributed by atoms with Gasteiger partial charge in [0.15, 0.2) is 6.29 Å². The monoisotopic (exact) mass is 133 g/mol. The molecular formula is C6H3N3O. The van der Waals surface area contributed by atoms with Crippen LogP contribution in [0.4, 0.5) is 0 Å². The quantitative estimate of drug-likeness (QED) is 0.512. The molecule has 0 bridgehead atoms. The summed E-state index contributed by atoms with van der Waals surface area (Å²) in [5.74, 6) is 0. The van der Waals surface area contributed by atoms with E-state index in [2.05, 4.69) is 10.2 Å². The molecule has 10 heavy (non-hydrogen) atoms. The van der Waals surface area contributed by atoms with Gasteiger partial charge < -0.3 is 0 Å². The average molecular weight is 133 g/mol. The summed E-state index contributed by atoms with van der Waals surface area (Å²) in [6.45, 7) is 0. The Balaban J connectivity index is 3.13. The van der Waals surface area contributed by atoms with Crippen molar-refractivity contribution in [3.8, 4) is 6.07 Å². The summed E-state index contributed by atoms with van der Waals surface area (Å²) in [4.78, 5) is 10.1. The number of rotatable bonds is 1. The summed E-state index contributed by atoms with van der Waals surface area (Å²) >= 11 is 0. The number of carbonyl (C=O) groups is 1. The zero-order valence-corrected chi connectivity index (χ0v) is 4.98. The fourth-order valence-electron chi connectivity index (χ4n) is 0.502. The Hall–Kier alpha value is -1.76. The molecule has 0 aromatic carbocycles. The van der Waals surface area contributed by atoms with Crippen LogP contribution in [0.15, 0.2) is 12.3 Å². The molecule has 0 N–H and O–H groups in total. The molecule has 4 heteroatoms. The second kappa shape index (κ2) is 2.69. The summed E-state index contributed by atoms with van der Waals surface area (Å²) in [6, 6.07) is 3.22. The van der Waals surface area contributed by atoms with E-state index in [1.54, 1.807) is 0 Å². The summed E-state index contributed by atoms with van der Waals surface area (Å²) in [5, 5.41) is 15.2. The fourth-order valence-corrected chi connectivity index (χ4v) is 0.502. The van der Waals surface area contributed by atoms with Crippen molar-refractivity contribution in [1.82, 2.24) is 10.2 Å². The molecule has 0 radical (unpaired) electrons. The molecular weight excluding hydrogens is 130 g/mol. The Labute approximate surface area is 57.1 Å². The summed E-state index contributed by atoms with van der Waals surface area (Å²) in [7, 11) is 0. The van der Waals surface area contributed by atoms with Crippen molar-refractivity contribution in [3.63, 3.8) is 0 Å². The van der Waals surface area contributed by atoms with Crippen LogP contribution in [0.3, 0.4) is 0 Å². The molecule has 0 saturated heterocycles. The van der Waals surface area contributed by atoms with Crippen molar-refractivity contribution in [2.75, 3.05) is 0 Å². The Morgan fingerprint density at radius 1 is 1.70 bits per heavy atom. The maximum absolute atomic E-state index is 10.1. The van der Waals surface area contributed by atoms with E-state index in [0.717, 1.165) is 0 Å². The van der Waals surface area contributed by atoms with Gasteiger partial charge in [-0.1, -0.05) is 0 Å². The first kappa shape index (κ1) is 6.36. The number of hydrogen-bond acceptors (Lipinski definition) is 4. The second-order valence-electron chi connectivity index (χ2n) is 1.60. The van der Waals surface area contributed by atoms with E-state index in [1.165, 1.54) is 12.3 Å². The maximum Gasteiger partial charge on any atom is 0.170 e. The molecule has 0 amide bonds. The highest BCUT2D eigenvalue weighted by Gasteiger charge is 1.93. The lowest BCUT2D eigenvalue weighted by molar-refractivity contribution is 0.111. The van der Waals surface area contributed by atoms with Crippen molar-refractivity contribution < 1.29 is 4.79 Å². The highest BCUT2D eigenvalue weighted by Crippen LogP contribution is 1.93. The van der Waals surface area contributed by atoms with Gasteiger partial charge in [0.05, 0.1) is 11.8 Å². The summed E-state index contributed by atoms with van der Waals surface area (Å²) < 4.78 is 0. The van der Waals surface area contributed by atoms with E-state index >= 15 is 0 Å². The van der Waals surface area contributed by atoms with Crippen molar-refractivity contribution in [2.24, 2.45) is 0 Å². The molecule has 1 heterocycles. The molecule has 0 aliphatic rings. The standard InChI is InChI=1S/C6H3N3O/c7-2-5-1-6(4-10)9-8-3-5/h1,3-4H. The number of hydrogen-bond donors (Lipinski definition) is 0. The molecule has 4 nitrogen and oxygen atoms in total. The molecule has 0 fully saturated rings. The number of nitrogens with zero attached hydrogens (tertiary/aromatic N) is 3. The normalized spacial score (nSPS) is 8.30. The predicted molar refractivity (Wildman–Crippen MR) is 32.1 cm³/mol. The lowest BCUT2D eigenvalue weighted by atomic mass is 10.3. The van der Waals surface area contributed by atoms with Crippen LogP contribution in [0.5, 0.6) is 0 Å². The first-order chi connectivity index (χ1) is 4.86. The predicted octanol–water partition coefficient (Wildman–Crippen LogP) is 0.161. The molecule has 1 rings (SSSR count). The lowest BCUT2D eigenvalue weighted by Crippen LogP contribution is -1.90. The third kappa shape index (κ3) is 1.14. The molecule has 0 aliphatic carbocycles. The summed E-state index contributed by atoms with van der Waals surface area (Å²) in [6.07, 6.45) is 1.85. The molecule has 0 unspecified atom stereocenters. The average Bonchev–Trinajstić information content (AvgIpc) is 2.05. The zero-order chi connectivity index (χ0) is 7.40. The van der Waals surface area contributed by atoms with Crippen LogP contribution in [-0.2, 0) is 0 Å². The minimum absolute atomic E-state index is 0.180. The van der Waals surface area contributed by atoms with Crippen LogP contribution in [0.1, 0.15) is 16.1 Å². The minimum Gasteiger partial charge on any atom is -0.296 e. The highest BCUT2D eigenvalue weighted by atomic mass is 16.1. The molecule has 0 aliphatic heterocycles. The minimum atomic E-state index is 0.180. The van der Waals surface area contributed by atoms with Gasteiger partial charge >= 0.3 is 0 Å². The highest BCUT2D eigenvalue weighted by molar-refractivity contribution is 5.71. The third-order valence-electron chi connectivity index (χ3n) is 0.923. The maximum atomic E-state index is 10.1. The second-order valence-corrected chi connectivity index (χ2v) is 1.60. The van der Waals surface area contributed by atoms with Gasteiger partial charge in [-0.05, 0) is 6.07 Å². The fraction of sp³-hybridized carbons (Fsp3) is 0. The smallest absolute Gasteiger partial charge is 0.170 e. The van der Waals surface area contributed by atoms with Crippen molar-refractivity contribution in [2.45, 2.75) is 0 Å². The van der Waals surface area contributed by atoms with Crippen LogP contribution in [-0.4, -0.2) is 16.5 Å². The van der Waals surface area contributed by atoms with Crippen LogP contribution in [0.25, 0.3) is 0 Å². The Morgan fingerprint density at radius 2 is 2.50 bits per heavy atom. The lowest BCUT2D eigenvalue weighted by Gasteiger charge is -1.85. The van der Waals surface area contributed by atoms with Crippen LogP contribution in [0.2, 0.25) is 0 Å². The van der Waals surface area contributed by atoms with E-state index in [0.29, 0.717) is 11.8 Å². The van der Waals surface area contributed by atoms with Gasteiger partial charge in [0.25, 0.3) is 0 Å². The Morgan fingerprint density at radius 3 is 3.10 bits per heavy atom. The Kier molecular flexibility index (Phi) is 1.71. The summed E-state index contributed by atoms with van der Waals surface area (Å²) in [5.41, 5.74) is 0.524. The first-order valence-corrected chi connectivity index (χ1v) is 2.55. The first-order valence-electron chi connectivity index (χ1n) is 2.55. The van der Waals surface area contributed by atoms with Gasteiger partial charge in [0, 0.05) is 0 Å². The van der Waals surface area contributed by atoms with Gasteiger partial charge in [0.1, 0.15) is 11.8 Å². The topological polar surface area (TPSA) is 66.6 Å². The van der Waals surface area contributed by atoms with Crippen LogP contribution in [0, 0.1) is 11.3 Å². The van der Waals surface area contributed by atoms with E-state index in [1.807, 2.05) is 6.07 Å². The van der Waals surface area contributed by atoms with Gasteiger partial charge in [-0.3, -0.25) is 4.79 Å². The van der Waals surface area contributed by atoms with Gasteiger partial charge in [-0.2, -0.15) is 10.4 Å². The zero-order valence-electron chi connectivity index (χ0n) is 4.98. The SMILES string of the molecule is N#Cc1cnnc(C=O)c1. The van der Waals surface area contributed by atoms with Crippen LogP contribution >= 0.6 is 0 Å². The molecule has 1 aromatic rings. The number of nitriles is 1. The van der Waals surface area contributed by atoms with Gasteiger partial charge in [-0.15, -0.1) is 5.10 Å². The van der Waals surface area contributed by atoms with E-state index in [-0.39, 0.29) is 5.69 Å². The molecule has 48 valence electrons. The molecule has 0 saturated carbocycles. The number of carbonyl (C=O) groups excluding carboxylic acids is 1. The van der Waals surface area contributed by atoms with E-state index < -0.39 is 0 Å². The van der Waals surface area contributed by atoms with Crippen molar-refractivity contribution in [3.05, 3.63) is 23.5 Å². The van der Waals surface area contributed by atoms with Crippen LogP contribution < -0.4 is 0 Å². The largest absolute Gasteiger partial charge is 0.296 e. The van der Waals surface area contributed by atoms with Crippen molar-refractivity contribution in [1.29, 1.82) is 5.26 Å². The number of aldehydes is 1. The molecule has 0 spiro atoms. The Bertz CT molecular complexity index is 289. The molecule has 0 atom stereocenters.